The van der Waals surface area contributed by atoms with Gasteiger partial charge in [0.1, 0.15) is 5.01 Å². The van der Waals surface area contributed by atoms with Crippen molar-refractivity contribution in [1.29, 1.82) is 0 Å². The van der Waals surface area contributed by atoms with Gasteiger partial charge in [0.05, 0.1) is 25.7 Å². The highest BCUT2D eigenvalue weighted by atomic mass is 32.1. The third kappa shape index (κ3) is 6.12. The summed E-state index contributed by atoms with van der Waals surface area (Å²) < 4.78 is 5.38. The molecule has 1 N–H and O–H groups in total. The highest BCUT2D eigenvalue weighted by molar-refractivity contribution is 7.15. The van der Waals surface area contributed by atoms with Crippen LogP contribution in [-0.2, 0) is 20.9 Å². The Kier molecular flexibility index (Phi) is 7.66. The van der Waals surface area contributed by atoms with E-state index in [4.69, 9.17) is 4.74 Å². The van der Waals surface area contributed by atoms with Crippen LogP contribution in [0.2, 0.25) is 0 Å². The average Bonchev–Trinajstić information content (AvgIpc) is 3.29. The van der Waals surface area contributed by atoms with Gasteiger partial charge in [0.15, 0.2) is 0 Å². The zero-order valence-corrected chi connectivity index (χ0v) is 18.6. The number of piperidine rings is 1. The topological polar surface area (TPSA) is 74.8 Å². The van der Waals surface area contributed by atoms with Crippen LogP contribution < -0.4 is 5.32 Å². The maximum absolute atomic E-state index is 12.7. The second-order valence-electron chi connectivity index (χ2n) is 8.10. The quantitative estimate of drug-likeness (QED) is 0.680. The van der Waals surface area contributed by atoms with Crippen LogP contribution in [0, 0.1) is 5.92 Å². The minimum atomic E-state index is -0.136. The first-order valence-electron chi connectivity index (χ1n) is 11.0. The number of hydrogen-bond donors (Lipinski definition) is 1. The van der Waals surface area contributed by atoms with Gasteiger partial charge in [-0.15, -0.1) is 11.3 Å². The molecule has 2 aliphatic heterocycles. The van der Waals surface area contributed by atoms with Crippen molar-refractivity contribution in [3.05, 3.63) is 41.4 Å². The summed E-state index contributed by atoms with van der Waals surface area (Å²) in [6.45, 7) is 6.19. The fraction of sp³-hybridized carbons (Fsp3) is 0.522. The molecule has 3 heterocycles. The zero-order valence-electron chi connectivity index (χ0n) is 17.8. The summed E-state index contributed by atoms with van der Waals surface area (Å²) in [4.78, 5) is 34.8. The Morgan fingerprint density at radius 3 is 2.81 bits per heavy atom. The molecule has 1 aromatic heterocycles. The number of carbonyl (C=O) groups is 2. The summed E-state index contributed by atoms with van der Waals surface area (Å²) in [5.41, 5.74) is 1.09. The van der Waals surface area contributed by atoms with Crippen molar-refractivity contribution < 1.29 is 14.3 Å². The lowest BCUT2D eigenvalue weighted by molar-refractivity contribution is -0.138. The molecule has 8 heteroatoms. The molecule has 1 atom stereocenters. The Hall–Kier alpha value is -2.29. The lowest BCUT2D eigenvalue weighted by Crippen LogP contribution is -2.46. The van der Waals surface area contributed by atoms with Gasteiger partial charge in [-0.2, -0.15) is 0 Å². The van der Waals surface area contributed by atoms with E-state index in [1.54, 1.807) is 11.3 Å². The van der Waals surface area contributed by atoms with Crippen molar-refractivity contribution in [1.82, 2.24) is 20.1 Å². The summed E-state index contributed by atoms with van der Waals surface area (Å²) in [6.07, 6.45) is 3.84. The normalized spacial score (nSPS) is 20.1. The van der Waals surface area contributed by atoms with Gasteiger partial charge < -0.3 is 15.0 Å². The number of rotatable bonds is 8. The van der Waals surface area contributed by atoms with E-state index in [-0.39, 0.29) is 17.7 Å². The van der Waals surface area contributed by atoms with Crippen molar-refractivity contribution in [2.24, 2.45) is 5.92 Å². The molecule has 2 aromatic rings. The van der Waals surface area contributed by atoms with Gasteiger partial charge in [0.25, 0.3) is 0 Å². The number of nitrogens with zero attached hydrogens (tertiary/aromatic N) is 3. The summed E-state index contributed by atoms with van der Waals surface area (Å²) in [5, 5.41) is 4.01. The molecule has 4 rings (SSSR count). The Morgan fingerprint density at radius 1 is 1.19 bits per heavy atom. The molecule has 2 amide bonds. The van der Waals surface area contributed by atoms with Crippen LogP contribution in [0.25, 0.3) is 10.6 Å². The van der Waals surface area contributed by atoms with E-state index in [9.17, 15) is 9.59 Å². The number of benzene rings is 1. The highest BCUT2D eigenvalue weighted by Gasteiger charge is 2.30. The SMILES string of the molecule is O=C(NCc1cnc(-c2ccccc2)s1)[C@H]1CCC(=O)N(CCCN2CCOCC2)C1. The second kappa shape index (κ2) is 10.8. The maximum atomic E-state index is 12.7. The van der Waals surface area contributed by atoms with Crippen molar-refractivity contribution in [3.63, 3.8) is 0 Å². The Bertz CT molecular complexity index is 867. The summed E-state index contributed by atoms with van der Waals surface area (Å²) in [6, 6.07) is 10.0. The molecule has 0 saturated carbocycles. The molecule has 0 spiro atoms. The lowest BCUT2D eigenvalue weighted by atomic mass is 9.96. The minimum absolute atomic E-state index is 0.0281. The van der Waals surface area contributed by atoms with Gasteiger partial charge in [-0.25, -0.2) is 4.98 Å². The van der Waals surface area contributed by atoms with E-state index in [2.05, 4.69) is 15.2 Å². The number of morpholine rings is 1. The van der Waals surface area contributed by atoms with Crippen LogP contribution in [0.1, 0.15) is 24.1 Å². The van der Waals surface area contributed by atoms with Gasteiger partial charge in [-0.3, -0.25) is 14.5 Å². The highest BCUT2D eigenvalue weighted by Crippen LogP contribution is 2.25. The fourth-order valence-corrected chi connectivity index (χ4v) is 4.93. The summed E-state index contributed by atoms with van der Waals surface area (Å²) in [7, 11) is 0. The average molecular weight is 443 g/mol. The van der Waals surface area contributed by atoms with Crippen LogP contribution in [0.3, 0.4) is 0 Å². The first kappa shape index (κ1) is 21.9. The Balaban J connectivity index is 1.23. The van der Waals surface area contributed by atoms with Gasteiger partial charge >= 0.3 is 0 Å². The van der Waals surface area contributed by atoms with Crippen LogP contribution in [0.5, 0.6) is 0 Å². The largest absolute Gasteiger partial charge is 0.379 e. The van der Waals surface area contributed by atoms with Crippen molar-refractivity contribution in [3.8, 4) is 10.6 Å². The minimum Gasteiger partial charge on any atom is -0.379 e. The van der Waals surface area contributed by atoms with E-state index < -0.39 is 0 Å². The molecule has 0 unspecified atom stereocenters. The number of amides is 2. The molecule has 7 nitrogen and oxygen atoms in total. The maximum Gasteiger partial charge on any atom is 0.225 e. The number of nitrogens with one attached hydrogen (secondary N) is 1. The Morgan fingerprint density at radius 2 is 2.00 bits per heavy atom. The number of hydrogen-bond acceptors (Lipinski definition) is 6. The third-order valence-electron chi connectivity index (χ3n) is 5.89. The number of likely N-dealkylation sites (tertiary alicyclic amines) is 1. The number of aromatic nitrogens is 1. The van der Waals surface area contributed by atoms with Crippen LogP contribution in [0.4, 0.5) is 0 Å². The summed E-state index contributed by atoms with van der Waals surface area (Å²) >= 11 is 1.60. The molecule has 0 radical (unpaired) electrons. The smallest absolute Gasteiger partial charge is 0.225 e. The molecule has 2 saturated heterocycles. The molecule has 2 fully saturated rings. The number of carbonyl (C=O) groups excluding carboxylic acids is 2. The van der Waals surface area contributed by atoms with Gasteiger partial charge in [0, 0.05) is 55.8 Å². The van der Waals surface area contributed by atoms with Crippen molar-refractivity contribution >= 4 is 23.2 Å². The van der Waals surface area contributed by atoms with Gasteiger partial charge in [0.2, 0.25) is 11.8 Å². The molecule has 1 aromatic carbocycles. The van der Waals surface area contributed by atoms with E-state index >= 15 is 0 Å². The van der Waals surface area contributed by atoms with E-state index in [0.717, 1.165) is 61.3 Å². The van der Waals surface area contributed by atoms with Crippen LogP contribution in [-0.4, -0.2) is 72.5 Å². The molecule has 166 valence electrons. The monoisotopic (exact) mass is 442 g/mol. The lowest BCUT2D eigenvalue weighted by Gasteiger charge is -2.33. The van der Waals surface area contributed by atoms with Crippen LogP contribution >= 0.6 is 11.3 Å². The molecule has 0 aliphatic carbocycles. The van der Waals surface area contributed by atoms with E-state index in [1.807, 2.05) is 41.4 Å². The molecule has 0 bridgehead atoms. The molecular weight excluding hydrogens is 412 g/mol. The van der Waals surface area contributed by atoms with Crippen molar-refractivity contribution in [2.75, 3.05) is 45.9 Å². The zero-order chi connectivity index (χ0) is 21.5. The van der Waals surface area contributed by atoms with E-state index in [0.29, 0.717) is 25.9 Å². The third-order valence-corrected chi connectivity index (χ3v) is 6.93. The molecule has 2 aliphatic rings. The van der Waals surface area contributed by atoms with Gasteiger partial charge in [-0.1, -0.05) is 30.3 Å². The first-order chi connectivity index (χ1) is 15.2. The number of thiazole rings is 1. The predicted molar refractivity (Wildman–Crippen MR) is 121 cm³/mol. The molecular formula is C23H30N4O3S. The number of ether oxygens (including phenoxy) is 1. The van der Waals surface area contributed by atoms with Gasteiger partial charge in [-0.05, 0) is 12.8 Å². The first-order valence-corrected chi connectivity index (χ1v) is 11.9. The van der Waals surface area contributed by atoms with E-state index in [1.165, 1.54) is 0 Å². The fourth-order valence-electron chi connectivity index (χ4n) is 4.08. The standard InChI is InChI=1S/C23H30N4O3S/c28-21-8-7-19(17-27(21)10-4-9-26-11-13-30-14-12-26)22(29)24-15-20-16-25-23(31-20)18-5-2-1-3-6-18/h1-3,5-6,16,19H,4,7-15,17H2,(H,24,29)/t19-/m0/s1. The Labute approximate surface area is 187 Å². The predicted octanol–water partition coefficient (Wildman–Crippen LogP) is 2.39. The van der Waals surface area contributed by atoms with Crippen molar-refractivity contribution in [2.45, 2.75) is 25.8 Å². The summed E-state index contributed by atoms with van der Waals surface area (Å²) in [5.74, 6) is 0.0592. The molecule has 31 heavy (non-hydrogen) atoms. The second-order valence-corrected chi connectivity index (χ2v) is 9.21. The van der Waals surface area contributed by atoms with Crippen LogP contribution in [0.15, 0.2) is 36.5 Å².